The van der Waals surface area contributed by atoms with Crippen molar-refractivity contribution in [1.82, 2.24) is 20.1 Å². The molecular formula is C20H29N5OS. The van der Waals surface area contributed by atoms with Crippen molar-refractivity contribution in [3.05, 3.63) is 29.8 Å². The molecule has 7 heteroatoms. The van der Waals surface area contributed by atoms with Crippen LogP contribution in [0.1, 0.15) is 39.2 Å². The van der Waals surface area contributed by atoms with Crippen molar-refractivity contribution in [1.29, 1.82) is 0 Å². The van der Waals surface area contributed by atoms with Gasteiger partial charge in [0.1, 0.15) is 0 Å². The topological polar surface area (TPSA) is 63.1 Å². The third-order valence-electron chi connectivity index (χ3n) is 4.63. The Morgan fingerprint density at radius 3 is 2.44 bits per heavy atom. The lowest BCUT2D eigenvalue weighted by Gasteiger charge is -2.19. The number of nitrogens with one attached hydrogen (secondary N) is 1. The second-order valence-corrected chi connectivity index (χ2v) is 8.85. The number of hydrogen-bond acceptors (Lipinski definition) is 5. The Kier molecular flexibility index (Phi) is 6.42. The standard InChI is InChI=1S/C20H29N5OS/c1-14(2)13-21-18(26)16(4)27-20-23-22-19(24-11-5-6-12-24)25(20)17-9-7-15(3)8-10-17/h7-10,14,16H,5-6,11-13H2,1-4H3,(H,21,26)/t16-/m1/s1. The molecule has 1 atom stereocenters. The van der Waals surface area contributed by atoms with E-state index >= 15 is 0 Å². The predicted octanol–water partition coefficient (Wildman–Crippen LogP) is 3.43. The molecule has 1 N–H and O–H groups in total. The normalized spacial score (nSPS) is 15.4. The minimum atomic E-state index is -0.233. The number of aryl methyl sites for hydroxylation is 1. The van der Waals surface area contributed by atoms with Gasteiger partial charge in [-0.05, 0) is 44.7 Å². The lowest BCUT2D eigenvalue weighted by atomic mass is 10.2. The number of carbonyl (C=O) groups is 1. The first kappa shape index (κ1) is 19.7. The SMILES string of the molecule is Cc1ccc(-n2c(S[C@H](C)C(=O)NCC(C)C)nnc2N2CCCC2)cc1. The van der Waals surface area contributed by atoms with Crippen LogP contribution in [-0.4, -0.2) is 45.6 Å². The fourth-order valence-corrected chi connectivity index (χ4v) is 3.93. The molecule has 1 amide bonds. The molecule has 0 radical (unpaired) electrons. The zero-order valence-electron chi connectivity index (χ0n) is 16.6. The van der Waals surface area contributed by atoms with Gasteiger partial charge in [-0.25, -0.2) is 0 Å². The summed E-state index contributed by atoms with van der Waals surface area (Å²) in [5, 5.41) is 12.4. The largest absolute Gasteiger partial charge is 0.355 e. The van der Waals surface area contributed by atoms with Crippen molar-refractivity contribution in [3.8, 4) is 5.69 Å². The second kappa shape index (κ2) is 8.78. The lowest BCUT2D eigenvalue weighted by Crippen LogP contribution is -2.33. The molecule has 6 nitrogen and oxygen atoms in total. The van der Waals surface area contributed by atoms with Crippen LogP contribution in [0.3, 0.4) is 0 Å². The summed E-state index contributed by atoms with van der Waals surface area (Å²) >= 11 is 1.46. The van der Waals surface area contributed by atoms with E-state index in [1.165, 1.54) is 30.2 Å². The van der Waals surface area contributed by atoms with Gasteiger partial charge in [-0.1, -0.05) is 43.3 Å². The Labute approximate surface area is 165 Å². The molecule has 0 unspecified atom stereocenters. The number of nitrogens with zero attached hydrogens (tertiary/aromatic N) is 4. The van der Waals surface area contributed by atoms with Crippen LogP contribution in [0, 0.1) is 12.8 Å². The third-order valence-corrected chi connectivity index (χ3v) is 5.68. The number of rotatable bonds is 7. The number of carbonyl (C=O) groups excluding carboxylic acids is 1. The van der Waals surface area contributed by atoms with E-state index in [9.17, 15) is 4.79 Å². The van der Waals surface area contributed by atoms with Gasteiger partial charge in [-0.2, -0.15) is 0 Å². The third kappa shape index (κ3) is 4.83. The zero-order chi connectivity index (χ0) is 19.4. The Hall–Kier alpha value is -2.02. The van der Waals surface area contributed by atoms with Gasteiger partial charge in [-0.15, -0.1) is 10.2 Å². The molecular weight excluding hydrogens is 358 g/mol. The Bertz CT molecular complexity index is 765. The van der Waals surface area contributed by atoms with Gasteiger partial charge in [0.25, 0.3) is 0 Å². The van der Waals surface area contributed by atoms with Gasteiger partial charge in [0.05, 0.1) is 10.9 Å². The summed E-state index contributed by atoms with van der Waals surface area (Å²) in [6, 6.07) is 8.37. The molecule has 1 aromatic heterocycles. The highest BCUT2D eigenvalue weighted by Crippen LogP contribution is 2.30. The zero-order valence-corrected chi connectivity index (χ0v) is 17.4. The first-order valence-corrected chi connectivity index (χ1v) is 10.6. The van der Waals surface area contributed by atoms with Crippen LogP contribution >= 0.6 is 11.8 Å². The van der Waals surface area contributed by atoms with Crippen molar-refractivity contribution in [2.24, 2.45) is 5.92 Å². The summed E-state index contributed by atoms with van der Waals surface area (Å²) in [5.41, 5.74) is 2.25. The molecule has 1 aromatic carbocycles. The first-order chi connectivity index (χ1) is 13.0. The van der Waals surface area contributed by atoms with Crippen LogP contribution in [0.25, 0.3) is 5.69 Å². The Balaban J connectivity index is 1.86. The van der Waals surface area contributed by atoms with Gasteiger partial charge in [-0.3, -0.25) is 9.36 Å². The van der Waals surface area contributed by atoms with Crippen LogP contribution in [-0.2, 0) is 4.79 Å². The van der Waals surface area contributed by atoms with Crippen molar-refractivity contribution < 1.29 is 4.79 Å². The van der Waals surface area contributed by atoms with Gasteiger partial charge in [0.2, 0.25) is 11.9 Å². The molecule has 0 aliphatic carbocycles. The predicted molar refractivity (Wildman–Crippen MR) is 111 cm³/mol. The van der Waals surface area contributed by atoms with E-state index < -0.39 is 0 Å². The van der Waals surface area contributed by atoms with E-state index in [1.54, 1.807) is 0 Å². The molecule has 27 heavy (non-hydrogen) atoms. The van der Waals surface area contributed by atoms with Crippen molar-refractivity contribution in [3.63, 3.8) is 0 Å². The van der Waals surface area contributed by atoms with E-state index in [-0.39, 0.29) is 11.2 Å². The van der Waals surface area contributed by atoms with Crippen LogP contribution < -0.4 is 10.2 Å². The molecule has 0 bridgehead atoms. The number of amides is 1. The quantitative estimate of drug-likeness (QED) is 0.738. The van der Waals surface area contributed by atoms with Crippen molar-refractivity contribution in [2.75, 3.05) is 24.5 Å². The highest BCUT2D eigenvalue weighted by atomic mass is 32.2. The molecule has 1 saturated heterocycles. The van der Waals surface area contributed by atoms with Crippen LogP contribution in [0.5, 0.6) is 0 Å². The highest BCUT2D eigenvalue weighted by Gasteiger charge is 2.25. The first-order valence-electron chi connectivity index (χ1n) is 9.67. The van der Waals surface area contributed by atoms with Gasteiger partial charge in [0, 0.05) is 19.6 Å². The fourth-order valence-electron chi connectivity index (χ4n) is 3.04. The molecule has 146 valence electrons. The summed E-state index contributed by atoms with van der Waals surface area (Å²) in [4.78, 5) is 14.7. The summed E-state index contributed by atoms with van der Waals surface area (Å²) in [6.45, 7) is 10.9. The average molecular weight is 388 g/mol. The minimum absolute atomic E-state index is 0.0369. The van der Waals surface area contributed by atoms with Gasteiger partial charge in [0.15, 0.2) is 5.16 Å². The highest BCUT2D eigenvalue weighted by molar-refractivity contribution is 8.00. The average Bonchev–Trinajstić information content (AvgIpc) is 3.30. The molecule has 0 saturated carbocycles. The number of hydrogen-bond donors (Lipinski definition) is 1. The monoisotopic (exact) mass is 387 g/mol. The fraction of sp³-hybridized carbons (Fsp3) is 0.550. The molecule has 1 fully saturated rings. The van der Waals surface area contributed by atoms with Crippen LogP contribution in [0.2, 0.25) is 0 Å². The van der Waals surface area contributed by atoms with E-state index in [0.717, 1.165) is 29.9 Å². The summed E-state index contributed by atoms with van der Waals surface area (Å²) < 4.78 is 2.08. The van der Waals surface area contributed by atoms with Crippen molar-refractivity contribution >= 4 is 23.6 Å². The van der Waals surface area contributed by atoms with Crippen LogP contribution in [0.4, 0.5) is 5.95 Å². The Morgan fingerprint density at radius 2 is 1.81 bits per heavy atom. The van der Waals surface area contributed by atoms with Crippen LogP contribution in [0.15, 0.2) is 29.4 Å². The number of anilines is 1. The number of thioether (sulfide) groups is 1. The van der Waals surface area contributed by atoms with Crippen molar-refractivity contribution in [2.45, 2.75) is 50.9 Å². The second-order valence-electron chi connectivity index (χ2n) is 7.55. The van der Waals surface area contributed by atoms with E-state index in [1.807, 2.05) is 6.92 Å². The van der Waals surface area contributed by atoms with E-state index in [2.05, 4.69) is 70.0 Å². The number of benzene rings is 1. The Morgan fingerprint density at radius 1 is 1.15 bits per heavy atom. The molecule has 2 heterocycles. The molecule has 1 aliphatic rings. The maximum atomic E-state index is 12.4. The van der Waals surface area contributed by atoms with Gasteiger partial charge < -0.3 is 10.2 Å². The summed E-state index contributed by atoms with van der Waals surface area (Å²) in [7, 11) is 0. The maximum absolute atomic E-state index is 12.4. The summed E-state index contributed by atoms with van der Waals surface area (Å²) in [6.07, 6.45) is 2.36. The smallest absolute Gasteiger partial charge is 0.233 e. The lowest BCUT2D eigenvalue weighted by molar-refractivity contribution is -0.120. The van der Waals surface area contributed by atoms with Gasteiger partial charge >= 0.3 is 0 Å². The molecule has 3 rings (SSSR count). The maximum Gasteiger partial charge on any atom is 0.233 e. The molecule has 1 aliphatic heterocycles. The van der Waals surface area contributed by atoms with E-state index in [4.69, 9.17) is 0 Å². The molecule has 0 spiro atoms. The summed E-state index contributed by atoms with van der Waals surface area (Å²) in [5.74, 6) is 1.34. The minimum Gasteiger partial charge on any atom is -0.355 e. The molecule has 2 aromatic rings. The van der Waals surface area contributed by atoms with E-state index in [0.29, 0.717) is 12.5 Å². The number of aromatic nitrogens is 3.